The van der Waals surface area contributed by atoms with Gasteiger partial charge in [-0.15, -0.1) is 0 Å². The van der Waals surface area contributed by atoms with Gasteiger partial charge in [0.2, 0.25) is 5.78 Å². The van der Waals surface area contributed by atoms with Crippen LogP contribution in [-0.2, 0) is 0 Å². The van der Waals surface area contributed by atoms with Crippen LogP contribution in [0.1, 0.15) is 21.5 Å². The molecular formula is C17H14O2S. The minimum atomic E-state index is 0.115. The molecule has 100 valence electrons. The van der Waals surface area contributed by atoms with E-state index < -0.39 is 0 Å². The zero-order valence-electron chi connectivity index (χ0n) is 11.3. The number of carbonyl (C=O) groups is 1. The van der Waals surface area contributed by atoms with Crippen LogP contribution in [0.15, 0.2) is 52.3 Å². The Morgan fingerprint density at radius 3 is 2.50 bits per heavy atom. The van der Waals surface area contributed by atoms with Gasteiger partial charge < -0.3 is 4.74 Å². The van der Waals surface area contributed by atoms with Gasteiger partial charge in [-0.25, -0.2) is 0 Å². The van der Waals surface area contributed by atoms with Crippen LogP contribution in [0.25, 0.3) is 6.08 Å². The van der Waals surface area contributed by atoms with Crippen molar-refractivity contribution in [1.29, 1.82) is 0 Å². The van der Waals surface area contributed by atoms with E-state index in [1.54, 1.807) is 18.9 Å². The Labute approximate surface area is 122 Å². The number of fused-ring (bicyclic) bond motifs is 1. The van der Waals surface area contributed by atoms with E-state index in [9.17, 15) is 4.79 Å². The van der Waals surface area contributed by atoms with Gasteiger partial charge in [-0.1, -0.05) is 36.0 Å². The van der Waals surface area contributed by atoms with Crippen LogP contribution >= 0.6 is 11.8 Å². The maximum atomic E-state index is 12.4. The van der Waals surface area contributed by atoms with Crippen molar-refractivity contribution in [3.8, 4) is 5.75 Å². The molecular weight excluding hydrogens is 268 g/mol. The van der Waals surface area contributed by atoms with E-state index in [2.05, 4.69) is 0 Å². The molecule has 2 aromatic carbocycles. The summed E-state index contributed by atoms with van der Waals surface area (Å²) in [7, 11) is 1.64. The highest BCUT2D eigenvalue weighted by Crippen LogP contribution is 2.42. The molecule has 1 heterocycles. The van der Waals surface area contributed by atoms with Crippen LogP contribution in [0.5, 0.6) is 5.75 Å². The third-order valence-electron chi connectivity index (χ3n) is 3.31. The zero-order valence-corrected chi connectivity index (χ0v) is 12.2. The Kier molecular flexibility index (Phi) is 3.36. The Morgan fingerprint density at radius 2 is 1.85 bits per heavy atom. The van der Waals surface area contributed by atoms with Gasteiger partial charge in [-0.2, -0.15) is 0 Å². The number of benzene rings is 2. The SMILES string of the molecule is COc1ccc(/C=C2/Sc3c(C)cccc3C2=O)cc1. The number of hydrogen-bond donors (Lipinski definition) is 0. The predicted molar refractivity (Wildman–Crippen MR) is 82.3 cm³/mol. The van der Waals surface area contributed by atoms with Crippen molar-refractivity contribution < 1.29 is 9.53 Å². The minimum absolute atomic E-state index is 0.115. The molecule has 0 N–H and O–H groups in total. The molecule has 0 spiro atoms. The topological polar surface area (TPSA) is 26.3 Å². The summed E-state index contributed by atoms with van der Waals surface area (Å²) in [5.74, 6) is 0.932. The first kappa shape index (κ1) is 13.0. The van der Waals surface area contributed by atoms with Crippen LogP contribution in [0.4, 0.5) is 0 Å². The van der Waals surface area contributed by atoms with E-state index in [0.717, 1.165) is 32.2 Å². The molecule has 0 unspecified atom stereocenters. The highest BCUT2D eigenvalue weighted by molar-refractivity contribution is 8.05. The smallest absolute Gasteiger partial charge is 0.200 e. The molecule has 0 radical (unpaired) electrons. The van der Waals surface area contributed by atoms with Gasteiger partial charge in [0, 0.05) is 10.5 Å². The summed E-state index contributed by atoms with van der Waals surface area (Å²) in [6.45, 7) is 2.04. The highest BCUT2D eigenvalue weighted by Gasteiger charge is 2.26. The second-order valence-corrected chi connectivity index (χ2v) is 5.72. The Hall–Kier alpha value is -2.00. The van der Waals surface area contributed by atoms with E-state index in [1.165, 1.54) is 0 Å². The average molecular weight is 282 g/mol. The summed E-state index contributed by atoms with van der Waals surface area (Å²) >= 11 is 1.56. The fourth-order valence-electron chi connectivity index (χ4n) is 2.20. The van der Waals surface area contributed by atoms with Crippen molar-refractivity contribution >= 4 is 23.6 Å². The third kappa shape index (κ3) is 2.25. The molecule has 0 fully saturated rings. The quantitative estimate of drug-likeness (QED) is 0.767. The third-order valence-corrected chi connectivity index (χ3v) is 4.58. The molecule has 0 saturated heterocycles. The first-order chi connectivity index (χ1) is 9.69. The van der Waals surface area contributed by atoms with Crippen molar-refractivity contribution in [3.05, 3.63) is 64.1 Å². The molecule has 3 rings (SSSR count). The standard InChI is InChI=1S/C17H14O2S/c1-11-4-3-5-14-16(18)15(20-17(11)14)10-12-6-8-13(19-2)9-7-12/h3-10H,1-2H3/b15-10+. The summed E-state index contributed by atoms with van der Waals surface area (Å²) in [5, 5.41) is 0. The summed E-state index contributed by atoms with van der Waals surface area (Å²) in [5.41, 5.74) is 2.97. The molecule has 1 aliphatic heterocycles. The van der Waals surface area contributed by atoms with Crippen LogP contribution in [-0.4, -0.2) is 12.9 Å². The maximum absolute atomic E-state index is 12.4. The fourth-order valence-corrected chi connectivity index (χ4v) is 3.32. The number of Topliss-reactive ketones (excluding diaryl/α,β-unsaturated/α-hetero) is 1. The van der Waals surface area contributed by atoms with Crippen molar-refractivity contribution in [2.24, 2.45) is 0 Å². The van der Waals surface area contributed by atoms with Gasteiger partial charge in [0.1, 0.15) is 5.75 Å². The predicted octanol–water partition coefficient (Wildman–Crippen LogP) is 4.33. The largest absolute Gasteiger partial charge is 0.497 e. The lowest BCUT2D eigenvalue weighted by atomic mass is 10.1. The molecule has 3 heteroatoms. The second kappa shape index (κ2) is 5.17. The molecule has 0 saturated carbocycles. The van der Waals surface area contributed by atoms with Gasteiger partial charge in [-0.05, 0) is 42.3 Å². The summed E-state index contributed by atoms with van der Waals surface area (Å²) < 4.78 is 5.13. The molecule has 0 atom stereocenters. The number of methoxy groups -OCH3 is 1. The maximum Gasteiger partial charge on any atom is 0.200 e. The lowest BCUT2D eigenvalue weighted by molar-refractivity contribution is 0.104. The lowest BCUT2D eigenvalue weighted by Crippen LogP contribution is -1.94. The van der Waals surface area contributed by atoms with Crippen molar-refractivity contribution in [3.63, 3.8) is 0 Å². The number of carbonyl (C=O) groups excluding carboxylic acids is 1. The van der Waals surface area contributed by atoms with Gasteiger partial charge in [0.15, 0.2) is 0 Å². The van der Waals surface area contributed by atoms with Gasteiger partial charge >= 0.3 is 0 Å². The monoisotopic (exact) mass is 282 g/mol. The second-order valence-electron chi connectivity index (χ2n) is 4.66. The Balaban J connectivity index is 1.95. The number of thioether (sulfide) groups is 1. The normalized spacial score (nSPS) is 15.5. The molecule has 0 aliphatic carbocycles. The fraction of sp³-hybridized carbons (Fsp3) is 0.118. The number of hydrogen-bond acceptors (Lipinski definition) is 3. The van der Waals surface area contributed by atoms with Crippen molar-refractivity contribution in [2.45, 2.75) is 11.8 Å². The van der Waals surface area contributed by atoms with Gasteiger partial charge in [0.05, 0.1) is 12.0 Å². The van der Waals surface area contributed by atoms with Crippen LogP contribution in [0.2, 0.25) is 0 Å². The number of allylic oxidation sites excluding steroid dienone is 1. The minimum Gasteiger partial charge on any atom is -0.497 e. The van der Waals surface area contributed by atoms with Crippen molar-refractivity contribution in [1.82, 2.24) is 0 Å². The summed E-state index contributed by atoms with van der Waals surface area (Å²) in [6.07, 6.45) is 1.94. The Bertz CT molecular complexity index is 699. The molecule has 0 aromatic heterocycles. The summed E-state index contributed by atoms with van der Waals surface area (Å²) in [6, 6.07) is 13.6. The van der Waals surface area contributed by atoms with Crippen LogP contribution < -0.4 is 4.74 Å². The summed E-state index contributed by atoms with van der Waals surface area (Å²) in [4.78, 5) is 14.2. The van der Waals surface area contributed by atoms with E-state index in [-0.39, 0.29) is 5.78 Å². The molecule has 20 heavy (non-hydrogen) atoms. The molecule has 0 amide bonds. The molecule has 1 aliphatic rings. The molecule has 0 bridgehead atoms. The van der Waals surface area contributed by atoms with Crippen LogP contribution in [0.3, 0.4) is 0 Å². The van der Waals surface area contributed by atoms with E-state index in [1.807, 2.05) is 55.5 Å². The van der Waals surface area contributed by atoms with Gasteiger partial charge in [-0.3, -0.25) is 4.79 Å². The van der Waals surface area contributed by atoms with E-state index in [4.69, 9.17) is 4.74 Å². The highest BCUT2D eigenvalue weighted by atomic mass is 32.2. The lowest BCUT2D eigenvalue weighted by Gasteiger charge is -2.00. The van der Waals surface area contributed by atoms with E-state index in [0.29, 0.717) is 0 Å². The van der Waals surface area contributed by atoms with Gasteiger partial charge in [0.25, 0.3) is 0 Å². The van der Waals surface area contributed by atoms with Crippen molar-refractivity contribution in [2.75, 3.05) is 7.11 Å². The number of rotatable bonds is 2. The number of ether oxygens (including phenoxy) is 1. The first-order valence-electron chi connectivity index (χ1n) is 6.37. The van der Waals surface area contributed by atoms with E-state index >= 15 is 0 Å². The Morgan fingerprint density at radius 1 is 1.10 bits per heavy atom. The number of ketones is 1. The first-order valence-corrected chi connectivity index (χ1v) is 7.18. The average Bonchev–Trinajstić information content (AvgIpc) is 2.79. The zero-order chi connectivity index (χ0) is 14.1. The molecule has 2 aromatic rings. The molecule has 2 nitrogen and oxygen atoms in total. The number of aryl methyl sites for hydroxylation is 1. The van der Waals surface area contributed by atoms with Crippen LogP contribution in [0, 0.1) is 6.92 Å².